The van der Waals surface area contributed by atoms with Crippen molar-refractivity contribution in [3.8, 4) is 0 Å². The number of guanidine groups is 1. The molecule has 0 aromatic carbocycles. The van der Waals surface area contributed by atoms with Crippen molar-refractivity contribution >= 4 is 11.9 Å². The third kappa shape index (κ3) is 5.94. The van der Waals surface area contributed by atoms with Gasteiger partial charge in [0.1, 0.15) is 0 Å². The van der Waals surface area contributed by atoms with Crippen LogP contribution in [0.15, 0.2) is 4.99 Å². The molecule has 0 spiro atoms. The van der Waals surface area contributed by atoms with E-state index in [0.29, 0.717) is 5.92 Å². The molecule has 0 aliphatic carbocycles. The lowest BCUT2D eigenvalue weighted by Crippen LogP contribution is -2.47. The molecular weight excluding hydrogens is 310 g/mol. The first-order chi connectivity index (χ1) is 11.7. The molecule has 2 aliphatic heterocycles. The largest absolute Gasteiger partial charge is 0.469 e. The van der Waals surface area contributed by atoms with E-state index in [9.17, 15) is 4.79 Å². The van der Waals surface area contributed by atoms with Crippen LogP contribution >= 0.6 is 0 Å². The lowest BCUT2D eigenvalue weighted by Gasteiger charge is -2.33. The van der Waals surface area contributed by atoms with Gasteiger partial charge in [-0.15, -0.1) is 0 Å². The van der Waals surface area contributed by atoms with Crippen molar-refractivity contribution in [1.82, 2.24) is 10.2 Å². The standard InChI is InChI=1S/C17H31N3O4/c1-18-17(20-8-4-15(5-9-20)16(21)22-2)19-7-3-10-23-12-14-6-11-24-13-14/h14-15H,3-13H2,1-2H3,(H,18,19). The Morgan fingerprint density at radius 1 is 1.33 bits per heavy atom. The second-order valence-corrected chi connectivity index (χ2v) is 6.42. The molecule has 0 amide bonds. The summed E-state index contributed by atoms with van der Waals surface area (Å²) in [7, 11) is 3.25. The number of carbonyl (C=O) groups excluding carboxylic acids is 1. The minimum Gasteiger partial charge on any atom is -0.469 e. The number of nitrogens with zero attached hydrogens (tertiary/aromatic N) is 2. The zero-order valence-electron chi connectivity index (χ0n) is 15.0. The molecule has 138 valence electrons. The summed E-state index contributed by atoms with van der Waals surface area (Å²) in [6.07, 6.45) is 3.71. The monoisotopic (exact) mass is 341 g/mol. The van der Waals surface area contributed by atoms with E-state index in [4.69, 9.17) is 14.2 Å². The maximum Gasteiger partial charge on any atom is 0.308 e. The Hall–Kier alpha value is -1.34. The lowest BCUT2D eigenvalue weighted by molar-refractivity contribution is -0.146. The van der Waals surface area contributed by atoms with Gasteiger partial charge in [-0.1, -0.05) is 0 Å². The van der Waals surface area contributed by atoms with E-state index in [2.05, 4.69) is 15.2 Å². The maximum atomic E-state index is 11.6. The van der Waals surface area contributed by atoms with Gasteiger partial charge >= 0.3 is 5.97 Å². The zero-order valence-corrected chi connectivity index (χ0v) is 15.0. The van der Waals surface area contributed by atoms with Crippen molar-refractivity contribution in [3.05, 3.63) is 0 Å². The molecule has 2 aliphatic rings. The van der Waals surface area contributed by atoms with Crippen LogP contribution in [0.2, 0.25) is 0 Å². The Morgan fingerprint density at radius 3 is 2.75 bits per heavy atom. The minimum absolute atomic E-state index is 0.0253. The number of carbonyl (C=O) groups is 1. The van der Waals surface area contributed by atoms with Crippen LogP contribution in [0.3, 0.4) is 0 Å². The number of aliphatic imine (C=N–C) groups is 1. The quantitative estimate of drug-likeness (QED) is 0.321. The normalized spacial score (nSPS) is 22.7. The molecule has 1 unspecified atom stereocenters. The molecule has 7 heteroatoms. The van der Waals surface area contributed by atoms with E-state index in [1.54, 1.807) is 7.05 Å². The predicted octanol–water partition coefficient (Wildman–Crippen LogP) is 0.890. The van der Waals surface area contributed by atoms with Crippen LogP contribution in [0.4, 0.5) is 0 Å². The van der Waals surface area contributed by atoms with Gasteiger partial charge in [0.2, 0.25) is 0 Å². The van der Waals surface area contributed by atoms with Gasteiger partial charge in [0.15, 0.2) is 5.96 Å². The number of rotatable bonds is 7. The van der Waals surface area contributed by atoms with Crippen molar-refractivity contribution in [2.75, 3.05) is 60.2 Å². The fourth-order valence-corrected chi connectivity index (χ4v) is 3.17. The second-order valence-electron chi connectivity index (χ2n) is 6.42. The van der Waals surface area contributed by atoms with E-state index in [0.717, 1.165) is 77.7 Å². The Kier molecular flexibility index (Phi) is 8.32. The molecule has 0 aromatic rings. The Morgan fingerprint density at radius 2 is 2.12 bits per heavy atom. The molecule has 24 heavy (non-hydrogen) atoms. The molecule has 0 bridgehead atoms. The fraction of sp³-hybridized carbons (Fsp3) is 0.882. The zero-order chi connectivity index (χ0) is 17.2. The van der Waals surface area contributed by atoms with Gasteiger partial charge in [0.25, 0.3) is 0 Å². The summed E-state index contributed by atoms with van der Waals surface area (Å²) in [5, 5.41) is 3.38. The Labute approximate surface area is 144 Å². The summed E-state index contributed by atoms with van der Waals surface area (Å²) in [4.78, 5) is 18.1. The van der Waals surface area contributed by atoms with Crippen LogP contribution in [0.1, 0.15) is 25.7 Å². The van der Waals surface area contributed by atoms with Gasteiger partial charge < -0.3 is 24.4 Å². The van der Waals surface area contributed by atoms with Crippen molar-refractivity contribution < 1.29 is 19.0 Å². The van der Waals surface area contributed by atoms with Gasteiger partial charge in [-0.25, -0.2) is 0 Å². The van der Waals surface area contributed by atoms with E-state index in [-0.39, 0.29) is 11.9 Å². The van der Waals surface area contributed by atoms with Gasteiger partial charge in [-0.05, 0) is 25.7 Å². The fourth-order valence-electron chi connectivity index (χ4n) is 3.17. The number of hydrogen-bond donors (Lipinski definition) is 1. The topological polar surface area (TPSA) is 72.4 Å². The third-order valence-corrected chi connectivity index (χ3v) is 4.67. The minimum atomic E-state index is -0.0950. The van der Waals surface area contributed by atoms with Crippen LogP contribution in [0.5, 0.6) is 0 Å². The van der Waals surface area contributed by atoms with E-state index < -0.39 is 0 Å². The molecule has 2 rings (SSSR count). The average Bonchev–Trinajstić information content (AvgIpc) is 3.14. The number of likely N-dealkylation sites (tertiary alicyclic amines) is 1. The summed E-state index contributed by atoms with van der Waals surface area (Å²) in [6.45, 7) is 5.77. The van der Waals surface area contributed by atoms with Crippen LogP contribution in [-0.2, 0) is 19.0 Å². The summed E-state index contributed by atoms with van der Waals surface area (Å²) in [6, 6.07) is 0. The highest BCUT2D eigenvalue weighted by molar-refractivity contribution is 5.80. The van der Waals surface area contributed by atoms with E-state index in [1.807, 2.05) is 0 Å². The molecule has 1 atom stereocenters. The van der Waals surface area contributed by atoms with Crippen LogP contribution in [0, 0.1) is 11.8 Å². The Balaban J connectivity index is 1.56. The summed E-state index contributed by atoms with van der Waals surface area (Å²) < 4.78 is 15.9. The number of methoxy groups -OCH3 is 1. The molecule has 1 N–H and O–H groups in total. The van der Waals surface area contributed by atoms with Crippen molar-refractivity contribution in [2.24, 2.45) is 16.8 Å². The second kappa shape index (κ2) is 10.5. The SMILES string of the molecule is CN=C(NCCCOCC1CCOC1)N1CCC(C(=O)OC)CC1. The van der Waals surface area contributed by atoms with Gasteiger partial charge in [0.05, 0.1) is 26.2 Å². The third-order valence-electron chi connectivity index (χ3n) is 4.67. The predicted molar refractivity (Wildman–Crippen MR) is 92.0 cm³/mol. The number of nitrogens with one attached hydrogen (secondary N) is 1. The van der Waals surface area contributed by atoms with Crippen LogP contribution in [0.25, 0.3) is 0 Å². The van der Waals surface area contributed by atoms with Crippen LogP contribution < -0.4 is 5.32 Å². The number of piperidine rings is 1. The van der Waals surface area contributed by atoms with Crippen molar-refractivity contribution in [3.63, 3.8) is 0 Å². The molecule has 2 fully saturated rings. The molecule has 0 saturated carbocycles. The first-order valence-corrected chi connectivity index (χ1v) is 8.93. The highest BCUT2D eigenvalue weighted by atomic mass is 16.5. The molecule has 0 aromatic heterocycles. The number of hydrogen-bond acceptors (Lipinski definition) is 5. The van der Waals surface area contributed by atoms with E-state index >= 15 is 0 Å². The van der Waals surface area contributed by atoms with Gasteiger partial charge in [0, 0.05) is 45.8 Å². The van der Waals surface area contributed by atoms with Gasteiger partial charge in [-0.3, -0.25) is 9.79 Å². The number of esters is 1. The molecule has 2 heterocycles. The van der Waals surface area contributed by atoms with Crippen molar-refractivity contribution in [2.45, 2.75) is 25.7 Å². The smallest absolute Gasteiger partial charge is 0.308 e. The van der Waals surface area contributed by atoms with E-state index in [1.165, 1.54) is 7.11 Å². The molecule has 2 saturated heterocycles. The summed E-state index contributed by atoms with van der Waals surface area (Å²) >= 11 is 0. The van der Waals surface area contributed by atoms with Crippen LogP contribution in [-0.4, -0.2) is 77.0 Å². The highest BCUT2D eigenvalue weighted by Gasteiger charge is 2.26. The number of ether oxygens (including phenoxy) is 3. The summed E-state index contributed by atoms with van der Waals surface area (Å²) in [5.41, 5.74) is 0. The first kappa shape index (κ1) is 19.0. The van der Waals surface area contributed by atoms with Gasteiger partial charge in [-0.2, -0.15) is 0 Å². The van der Waals surface area contributed by atoms with Crippen molar-refractivity contribution in [1.29, 1.82) is 0 Å². The molecule has 0 radical (unpaired) electrons. The maximum absolute atomic E-state index is 11.6. The molecular formula is C17H31N3O4. The highest BCUT2D eigenvalue weighted by Crippen LogP contribution is 2.18. The lowest BCUT2D eigenvalue weighted by atomic mass is 9.97. The average molecular weight is 341 g/mol. The first-order valence-electron chi connectivity index (χ1n) is 8.93. The molecule has 7 nitrogen and oxygen atoms in total. The summed E-state index contributed by atoms with van der Waals surface area (Å²) in [5.74, 6) is 1.41. The Bertz CT molecular complexity index is 403.